The van der Waals surface area contributed by atoms with Crippen LogP contribution in [-0.4, -0.2) is 57.2 Å². The van der Waals surface area contributed by atoms with Gasteiger partial charge in [-0.2, -0.15) is 0 Å². The summed E-state index contributed by atoms with van der Waals surface area (Å²) < 4.78 is 23.5. The third-order valence-corrected chi connectivity index (χ3v) is 7.51. The number of carbonyl (C=O) groups is 1. The summed E-state index contributed by atoms with van der Waals surface area (Å²) in [6.07, 6.45) is -0.262. The Morgan fingerprint density at radius 2 is 1.63 bits per heavy atom. The van der Waals surface area contributed by atoms with Crippen LogP contribution in [-0.2, 0) is 21.5 Å². The molecule has 2 amide bonds. The molecule has 1 saturated heterocycles. The molecule has 4 aromatic carbocycles. The van der Waals surface area contributed by atoms with E-state index >= 15 is 0 Å². The number of benzene rings is 4. The van der Waals surface area contributed by atoms with Gasteiger partial charge in [0.1, 0.15) is 18.1 Å². The second-order valence-corrected chi connectivity index (χ2v) is 11.6. The van der Waals surface area contributed by atoms with E-state index in [1.54, 1.807) is 7.11 Å². The van der Waals surface area contributed by atoms with E-state index in [4.69, 9.17) is 18.9 Å². The maximum absolute atomic E-state index is 13.1. The van der Waals surface area contributed by atoms with E-state index in [9.17, 15) is 4.79 Å². The van der Waals surface area contributed by atoms with E-state index in [0.29, 0.717) is 43.5 Å². The average Bonchev–Trinajstić information content (AvgIpc) is 3.01. The minimum Gasteiger partial charge on any atom is -0.495 e. The van der Waals surface area contributed by atoms with Crippen molar-refractivity contribution in [3.05, 3.63) is 96.1 Å². The van der Waals surface area contributed by atoms with Gasteiger partial charge < -0.3 is 29.6 Å². The summed E-state index contributed by atoms with van der Waals surface area (Å²) in [4.78, 5) is 15.4. The molecule has 0 saturated carbocycles. The molecule has 43 heavy (non-hydrogen) atoms. The van der Waals surface area contributed by atoms with Gasteiger partial charge in [0.25, 0.3) is 0 Å². The lowest BCUT2D eigenvalue weighted by molar-refractivity contribution is -0.185. The largest absolute Gasteiger partial charge is 0.495 e. The second-order valence-electron chi connectivity index (χ2n) is 11.6. The Hall–Kier alpha value is -4.11. The van der Waals surface area contributed by atoms with Crippen LogP contribution in [0.3, 0.4) is 0 Å². The van der Waals surface area contributed by atoms with Gasteiger partial charge in [-0.3, -0.25) is 4.90 Å². The Labute approximate surface area is 253 Å². The van der Waals surface area contributed by atoms with Crippen LogP contribution in [0.1, 0.15) is 31.9 Å². The van der Waals surface area contributed by atoms with Crippen molar-refractivity contribution in [2.45, 2.75) is 39.1 Å². The smallest absolute Gasteiger partial charge is 0.323 e. The summed E-state index contributed by atoms with van der Waals surface area (Å²) >= 11 is 0. The molecule has 0 aromatic heterocycles. The fourth-order valence-electron chi connectivity index (χ4n) is 5.07. The highest BCUT2D eigenvalue weighted by Crippen LogP contribution is 2.34. The summed E-state index contributed by atoms with van der Waals surface area (Å²) in [6, 6.07) is 27.3. The zero-order chi connectivity index (χ0) is 30.2. The molecular weight excluding hydrogens is 542 g/mol. The first kappa shape index (κ1) is 30.4. The number of ether oxygens (including phenoxy) is 4. The molecule has 1 aliphatic rings. The number of carbonyl (C=O) groups excluding carboxylic acids is 1. The van der Waals surface area contributed by atoms with Crippen molar-refractivity contribution in [1.29, 1.82) is 0 Å². The lowest BCUT2D eigenvalue weighted by Crippen LogP contribution is -2.45. The molecule has 226 valence electrons. The van der Waals surface area contributed by atoms with Gasteiger partial charge >= 0.3 is 6.03 Å². The molecule has 8 heteroatoms. The SMILES string of the molecule is COc1ccc(C(C)(C)C)cc1NC(=O)Nc1ccc(OCCN2CCOC(OCc3ccccc3)C2)c2ccccc12. The first-order chi connectivity index (χ1) is 20.8. The van der Waals surface area contributed by atoms with Gasteiger partial charge in [0.2, 0.25) is 0 Å². The number of nitrogens with one attached hydrogen (secondary N) is 2. The number of anilines is 2. The standard InChI is InChI=1S/C35H41N3O5/c1-35(2,3)26-14-16-32(40-4)30(22-26)37-34(39)36-29-15-17-31(28-13-9-8-12-27(28)29)41-20-18-38-19-21-42-33(23-38)43-24-25-10-6-5-7-11-25/h5-17,22,33H,18-21,23-24H2,1-4H3,(H2,36,37,39). The highest BCUT2D eigenvalue weighted by Gasteiger charge is 2.21. The molecule has 0 bridgehead atoms. The van der Waals surface area contributed by atoms with E-state index in [-0.39, 0.29) is 17.7 Å². The molecule has 1 fully saturated rings. The first-order valence-electron chi connectivity index (χ1n) is 14.7. The molecule has 4 aromatic rings. The van der Waals surface area contributed by atoms with Crippen LogP contribution in [0, 0.1) is 0 Å². The minimum atomic E-state index is -0.348. The van der Waals surface area contributed by atoms with Crippen molar-refractivity contribution in [1.82, 2.24) is 4.90 Å². The summed E-state index contributed by atoms with van der Waals surface area (Å²) in [5.74, 6) is 1.37. The number of morpholine rings is 1. The number of amides is 2. The fraction of sp³-hybridized carbons (Fsp3) is 0.343. The van der Waals surface area contributed by atoms with Gasteiger partial charge in [-0.05, 0) is 40.8 Å². The molecule has 8 nitrogen and oxygen atoms in total. The van der Waals surface area contributed by atoms with E-state index in [0.717, 1.165) is 40.7 Å². The molecule has 1 unspecified atom stereocenters. The van der Waals surface area contributed by atoms with E-state index in [2.05, 4.69) is 48.4 Å². The predicted octanol–water partition coefficient (Wildman–Crippen LogP) is 7.04. The van der Waals surface area contributed by atoms with Gasteiger partial charge in [0, 0.05) is 30.4 Å². The molecular formula is C35H41N3O5. The molecule has 2 N–H and O–H groups in total. The van der Waals surface area contributed by atoms with Gasteiger partial charge in [-0.25, -0.2) is 4.79 Å². The quantitative estimate of drug-likeness (QED) is 0.208. The Kier molecular flexibility index (Phi) is 9.82. The zero-order valence-electron chi connectivity index (χ0n) is 25.4. The predicted molar refractivity (Wildman–Crippen MR) is 171 cm³/mol. The maximum atomic E-state index is 13.1. The molecule has 1 heterocycles. The number of nitrogens with zero attached hydrogens (tertiary/aromatic N) is 1. The molecule has 5 rings (SSSR count). The van der Waals surface area contributed by atoms with Crippen molar-refractivity contribution in [2.24, 2.45) is 0 Å². The second kappa shape index (κ2) is 13.9. The Balaban J connectivity index is 1.19. The lowest BCUT2D eigenvalue weighted by Gasteiger charge is -2.32. The van der Waals surface area contributed by atoms with Crippen molar-refractivity contribution in [3.63, 3.8) is 0 Å². The van der Waals surface area contributed by atoms with Crippen molar-refractivity contribution >= 4 is 28.2 Å². The molecule has 1 atom stereocenters. The van der Waals surface area contributed by atoms with E-state index in [1.807, 2.05) is 72.8 Å². The molecule has 0 radical (unpaired) electrons. The lowest BCUT2D eigenvalue weighted by atomic mass is 9.87. The number of fused-ring (bicyclic) bond motifs is 1. The first-order valence-corrected chi connectivity index (χ1v) is 14.7. The van der Waals surface area contributed by atoms with E-state index < -0.39 is 0 Å². The monoisotopic (exact) mass is 583 g/mol. The summed E-state index contributed by atoms with van der Waals surface area (Å²) in [7, 11) is 1.60. The van der Waals surface area contributed by atoms with Crippen LogP contribution in [0.5, 0.6) is 11.5 Å². The highest BCUT2D eigenvalue weighted by molar-refractivity contribution is 6.08. The van der Waals surface area contributed by atoms with Crippen molar-refractivity contribution in [2.75, 3.05) is 50.6 Å². The minimum absolute atomic E-state index is 0.0646. The van der Waals surface area contributed by atoms with Crippen LogP contribution in [0.15, 0.2) is 84.9 Å². The number of hydrogen-bond donors (Lipinski definition) is 2. The van der Waals surface area contributed by atoms with Crippen LogP contribution >= 0.6 is 0 Å². The van der Waals surface area contributed by atoms with Crippen LogP contribution in [0.4, 0.5) is 16.2 Å². The summed E-state index contributed by atoms with van der Waals surface area (Å²) in [6.45, 7) is 10.3. The topological polar surface area (TPSA) is 81.3 Å². The number of hydrogen-bond acceptors (Lipinski definition) is 6. The van der Waals surface area contributed by atoms with Crippen molar-refractivity contribution in [3.8, 4) is 11.5 Å². The third kappa shape index (κ3) is 8.04. The zero-order valence-corrected chi connectivity index (χ0v) is 25.4. The van der Waals surface area contributed by atoms with Gasteiger partial charge in [0.05, 0.1) is 31.7 Å². The van der Waals surface area contributed by atoms with Gasteiger partial charge in [-0.1, -0.05) is 81.4 Å². The molecule has 0 spiro atoms. The van der Waals surface area contributed by atoms with Crippen LogP contribution in [0.25, 0.3) is 10.8 Å². The number of rotatable bonds is 10. The fourth-order valence-corrected chi connectivity index (χ4v) is 5.07. The number of urea groups is 1. The van der Waals surface area contributed by atoms with Crippen molar-refractivity contribution < 1.29 is 23.7 Å². The maximum Gasteiger partial charge on any atom is 0.323 e. The van der Waals surface area contributed by atoms with Crippen LogP contribution < -0.4 is 20.1 Å². The number of methoxy groups -OCH3 is 1. The van der Waals surface area contributed by atoms with Crippen LogP contribution in [0.2, 0.25) is 0 Å². The summed E-state index contributed by atoms with van der Waals surface area (Å²) in [5, 5.41) is 7.80. The van der Waals surface area contributed by atoms with Gasteiger partial charge in [0.15, 0.2) is 6.29 Å². The summed E-state index contributed by atoms with van der Waals surface area (Å²) in [5.41, 5.74) is 3.47. The van der Waals surface area contributed by atoms with Gasteiger partial charge in [-0.15, -0.1) is 0 Å². The highest BCUT2D eigenvalue weighted by atomic mass is 16.7. The third-order valence-electron chi connectivity index (χ3n) is 7.51. The molecule has 0 aliphatic carbocycles. The Morgan fingerprint density at radius 1 is 0.907 bits per heavy atom. The Morgan fingerprint density at radius 3 is 2.40 bits per heavy atom. The average molecular weight is 584 g/mol. The molecule has 1 aliphatic heterocycles. The Bertz CT molecular complexity index is 1520. The normalized spacial score (nSPS) is 15.7. The van der Waals surface area contributed by atoms with E-state index in [1.165, 1.54) is 0 Å².